The highest BCUT2D eigenvalue weighted by Crippen LogP contribution is 2.15. The fourth-order valence-electron chi connectivity index (χ4n) is 2.23. The van der Waals surface area contributed by atoms with Crippen LogP contribution in [-0.2, 0) is 11.3 Å². The molecule has 1 amide bonds. The summed E-state index contributed by atoms with van der Waals surface area (Å²) in [5.74, 6) is 0.215. The van der Waals surface area contributed by atoms with Crippen molar-refractivity contribution in [3.05, 3.63) is 34.9 Å². The third kappa shape index (κ3) is 5.93. The van der Waals surface area contributed by atoms with Gasteiger partial charge >= 0.3 is 0 Å². The number of hydrogen-bond acceptors (Lipinski definition) is 2. The summed E-state index contributed by atoms with van der Waals surface area (Å²) in [6.07, 6.45) is 2.85. The molecule has 4 heteroatoms. The number of rotatable bonds is 7. The molecular weight excluding hydrogens is 272 g/mol. The van der Waals surface area contributed by atoms with Gasteiger partial charge in [0.1, 0.15) is 0 Å². The molecule has 2 atom stereocenters. The molecule has 1 rings (SSSR count). The van der Waals surface area contributed by atoms with Crippen molar-refractivity contribution in [2.24, 2.45) is 11.7 Å². The lowest BCUT2D eigenvalue weighted by molar-refractivity contribution is -0.134. The van der Waals surface area contributed by atoms with E-state index in [0.29, 0.717) is 11.6 Å². The number of carbonyl (C=O) groups is 1. The van der Waals surface area contributed by atoms with Crippen LogP contribution < -0.4 is 5.73 Å². The predicted octanol–water partition coefficient (Wildman–Crippen LogP) is 3.45. The van der Waals surface area contributed by atoms with Crippen LogP contribution in [0.5, 0.6) is 0 Å². The van der Waals surface area contributed by atoms with Gasteiger partial charge in [0.2, 0.25) is 5.91 Å². The highest BCUT2D eigenvalue weighted by atomic mass is 35.5. The van der Waals surface area contributed by atoms with E-state index in [0.717, 1.165) is 24.8 Å². The fraction of sp³-hybridized carbons (Fsp3) is 0.562. The van der Waals surface area contributed by atoms with Crippen molar-refractivity contribution < 1.29 is 4.79 Å². The number of hydrogen-bond donors (Lipinski definition) is 1. The summed E-state index contributed by atoms with van der Waals surface area (Å²) >= 11 is 5.95. The van der Waals surface area contributed by atoms with Crippen molar-refractivity contribution in [1.29, 1.82) is 0 Å². The van der Waals surface area contributed by atoms with E-state index < -0.39 is 0 Å². The summed E-state index contributed by atoms with van der Waals surface area (Å²) in [6, 6.07) is 7.83. The van der Waals surface area contributed by atoms with Crippen LogP contribution in [0.1, 0.15) is 38.7 Å². The molecule has 0 aliphatic rings. The second kappa shape index (κ2) is 8.28. The first-order chi connectivity index (χ1) is 9.40. The quantitative estimate of drug-likeness (QED) is 0.837. The van der Waals surface area contributed by atoms with E-state index in [4.69, 9.17) is 17.3 Å². The SMILES string of the molecule is CC(N)CCCC(C)C(=O)N(C)Cc1cccc(Cl)c1. The number of nitrogens with zero attached hydrogens (tertiary/aromatic N) is 1. The maximum absolute atomic E-state index is 12.3. The standard InChI is InChI=1S/C16H25ClN2O/c1-12(6-4-7-13(2)18)16(20)19(3)11-14-8-5-9-15(17)10-14/h5,8-10,12-13H,4,6-7,11,18H2,1-3H3. The minimum absolute atomic E-state index is 0.0398. The van der Waals surface area contributed by atoms with Crippen LogP contribution in [0.3, 0.4) is 0 Å². The predicted molar refractivity (Wildman–Crippen MR) is 84.6 cm³/mol. The van der Waals surface area contributed by atoms with Crippen LogP contribution >= 0.6 is 11.6 Å². The van der Waals surface area contributed by atoms with E-state index >= 15 is 0 Å². The molecule has 0 saturated carbocycles. The van der Waals surface area contributed by atoms with Gasteiger partial charge in [-0.05, 0) is 37.5 Å². The first-order valence-electron chi connectivity index (χ1n) is 7.15. The van der Waals surface area contributed by atoms with Crippen LogP contribution in [0.15, 0.2) is 24.3 Å². The van der Waals surface area contributed by atoms with E-state index in [9.17, 15) is 4.79 Å². The van der Waals surface area contributed by atoms with Gasteiger partial charge in [-0.15, -0.1) is 0 Å². The maximum atomic E-state index is 12.3. The zero-order valence-corrected chi connectivity index (χ0v) is 13.4. The molecule has 0 heterocycles. The molecule has 2 unspecified atom stereocenters. The van der Waals surface area contributed by atoms with E-state index in [2.05, 4.69) is 0 Å². The molecule has 0 saturated heterocycles. The number of halogens is 1. The summed E-state index contributed by atoms with van der Waals surface area (Å²) in [5.41, 5.74) is 6.77. The smallest absolute Gasteiger partial charge is 0.225 e. The minimum Gasteiger partial charge on any atom is -0.341 e. The highest BCUT2D eigenvalue weighted by molar-refractivity contribution is 6.30. The van der Waals surface area contributed by atoms with E-state index in [1.54, 1.807) is 4.90 Å². The molecule has 0 aliphatic carbocycles. The largest absolute Gasteiger partial charge is 0.341 e. The topological polar surface area (TPSA) is 46.3 Å². The lowest BCUT2D eigenvalue weighted by Gasteiger charge is -2.22. The van der Waals surface area contributed by atoms with Crippen molar-refractivity contribution in [3.63, 3.8) is 0 Å². The Morgan fingerprint density at radius 3 is 2.65 bits per heavy atom. The van der Waals surface area contributed by atoms with Crippen LogP contribution in [-0.4, -0.2) is 23.9 Å². The number of benzene rings is 1. The Kier molecular flexibility index (Phi) is 7.03. The Labute approximate surface area is 127 Å². The third-order valence-corrected chi connectivity index (χ3v) is 3.64. The van der Waals surface area contributed by atoms with Crippen molar-refractivity contribution >= 4 is 17.5 Å². The average molecular weight is 297 g/mol. The Morgan fingerprint density at radius 1 is 1.35 bits per heavy atom. The molecule has 112 valence electrons. The summed E-state index contributed by atoms with van der Waals surface area (Å²) in [7, 11) is 1.84. The number of carbonyl (C=O) groups excluding carboxylic acids is 1. The Bertz CT molecular complexity index is 434. The van der Waals surface area contributed by atoms with E-state index in [1.807, 2.05) is 45.2 Å². The van der Waals surface area contributed by atoms with Crippen LogP contribution in [0, 0.1) is 5.92 Å². The number of amides is 1. The van der Waals surface area contributed by atoms with Crippen LogP contribution in [0.4, 0.5) is 0 Å². The lowest BCUT2D eigenvalue weighted by Crippen LogP contribution is -2.31. The molecule has 0 aromatic heterocycles. The maximum Gasteiger partial charge on any atom is 0.225 e. The van der Waals surface area contributed by atoms with Gasteiger partial charge in [0, 0.05) is 30.6 Å². The lowest BCUT2D eigenvalue weighted by atomic mass is 10.0. The van der Waals surface area contributed by atoms with Crippen molar-refractivity contribution in [1.82, 2.24) is 4.90 Å². The summed E-state index contributed by atoms with van der Waals surface area (Å²) in [6.45, 7) is 4.58. The van der Waals surface area contributed by atoms with Gasteiger partial charge in [-0.1, -0.05) is 37.1 Å². The second-order valence-corrected chi connectivity index (χ2v) is 6.07. The fourth-order valence-corrected chi connectivity index (χ4v) is 2.45. The van der Waals surface area contributed by atoms with Crippen LogP contribution in [0.2, 0.25) is 5.02 Å². The van der Waals surface area contributed by atoms with Gasteiger partial charge in [-0.25, -0.2) is 0 Å². The minimum atomic E-state index is 0.0398. The van der Waals surface area contributed by atoms with Gasteiger partial charge in [-0.3, -0.25) is 4.79 Å². The highest BCUT2D eigenvalue weighted by Gasteiger charge is 2.17. The second-order valence-electron chi connectivity index (χ2n) is 5.63. The molecule has 1 aromatic carbocycles. The molecule has 2 N–H and O–H groups in total. The van der Waals surface area contributed by atoms with E-state index in [-0.39, 0.29) is 17.9 Å². The summed E-state index contributed by atoms with van der Waals surface area (Å²) in [5, 5.41) is 0.702. The third-order valence-electron chi connectivity index (χ3n) is 3.40. The first kappa shape index (κ1) is 17.0. The van der Waals surface area contributed by atoms with Gasteiger partial charge < -0.3 is 10.6 Å². The molecule has 0 spiro atoms. The Morgan fingerprint density at radius 2 is 2.05 bits per heavy atom. The first-order valence-corrected chi connectivity index (χ1v) is 7.53. The van der Waals surface area contributed by atoms with Gasteiger partial charge in [0.15, 0.2) is 0 Å². The van der Waals surface area contributed by atoms with Gasteiger partial charge in [0.25, 0.3) is 0 Å². The number of nitrogens with two attached hydrogens (primary N) is 1. The normalized spacial score (nSPS) is 13.8. The van der Waals surface area contributed by atoms with Crippen molar-refractivity contribution in [2.45, 2.75) is 45.7 Å². The van der Waals surface area contributed by atoms with Gasteiger partial charge in [-0.2, -0.15) is 0 Å². The summed E-state index contributed by atoms with van der Waals surface area (Å²) < 4.78 is 0. The zero-order valence-electron chi connectivity index (χ0n) is 12.6. The van der Waals surface area contributed by atoms with Crippen molar-refractivity contribution in [2.75, 3.05) is 7.05 Å². The molecule has 0 aliphatic heterocycles. The molecule has 20 heavy (non-hydrogen) atoms. The molecule has 0 radical (unpaired) electrons. The Balaban J connectivity index is 2.45. The molecule has 1 aromatic rings. The zero-order chi connectivity index (χ0) is 15.1. The molecule has 0 fully saturated rings. The van der Waals surface area contributed by atoms with Gasteiger partial charge in [0.05, 0.1) is 0 Å². The molecule has 0 bridgehead atoms. The Hall–Kier alpha value is -1.06. The summed E-state index contributed by atoms with van der Waals surface area (Å²) in [4.78, 5) is 14.0. The average Bonchev–Trinajstić information content (AvgIpc) is 2.37. The monoisotopic (exact) mass is 296 g/mol. The van der Waals surface area contributed by atoms with E-state index in [1.165, 1.54) is 0 Å². The molecule has 3 nitrogen and oxygen atoms in total. The van der Waals surface area contributed by atoms with Crippen molar-refractivity contribution in [3.8, 4) is 0 Å². The molecular formula is C16H25ClN2O. The van der Waals surface area contributed by atoms with Crippen LogP contribution in [0.25, 0.3) is 0 Å².